The fraction of sp³-hybridized carbons (Fsp3) is 0.0769. The first-order chi connectivity index (χ1) is 8.93. The van der Waals surface area contributed by atoms with Crippen molar-refractivity contribution in [2.75, 3.05) is 0 Å². The van der Waals surface area contributed by atoms with Crippen molar-refractivity contribution in [3.05, 3.63) is 60.2 Å². The largest absolute Gasteiger partial charge is 0.457 e. The molecule has 0 aliphatic carbocycles. The van der Waals surface area contributed by atoms with Crippen molar-refractivity contribution >= 4 is 0 Å². The summed E-state index contributed by atoms with van der Waals surface area (Å²) >= 11 is 0. The van der Waals surface area contributed by atoms with Gasteiger partial charge in [0.15, 0.2) is 0 Å². The number of para-hydroxylation sites is 2. The number of nitrogens with zero attached hydrogens (tertiary/aromatic N) is 4. The van der Waals surface area contributed by atoms with Crippen molar-refractivity contribution < 1.29 is 4.74 Å². The summed E-state index contributed by atoms with van der Waals surface area (Å²) in [6.45, 7) is 0. The van der Waals surface area contributed by atoms with Crippen molar-refractivity contribution in [3.63, 3.8) is 0 Å². The van der Waals surface area contributed by atoms with Crippen LogP contribution in [-0.4, -0.2) is 0 Å². The smallest absolute Gasteiger partial charge is 0.213 e. The molecule has 0 aromatic heterocycles. The maximum Gasteiger partial charge on any atom is 0.213 e. The first-order valence-corrected chi connectivity index (χ1v) is 5.55. The number of ether oxygens (including phenoxy) is 1. The third kappa shape index (κ3) is 2.10. The summed E-state index contributed by atoms with van der Waals surface area (Å²) in [5.74, 6) is 1.49. The second kappa shape index (κ2) is 4.75. The predicted molar refractivity (Wildman–Crippen MR) is 65.4 cm³/mol. The Morgan fingerprint density at radius 2 is 1.44 bits per heavy atom. The number of hydrogen-bond donors (Lipinski definition) is 0. The quantitative estimate of drug-likeness (QED) is 0.785. The van der Waals surface area contributed by atoms with Gasteiger partial charge in [0.05, 0.1) is 0 Å². The van der Waals surface area contributed by atoms with Gasteiger partial charge in [0, 0.05) is 5.56 Å². The van der Waals surface area contributed by atoms with E-state index >= 15 is 0 Å². The van der Waals surface area contributed by atoms with Gasteiger partial charge in [0.25, 0.3) is 0 Å². The standard InChI is InChI=1S/C13H10N4O/c1-2-6-10(7-3-1)18-12-9-5-4-8-11(12)13-14-16-17-15-13/h1-9,13H. The van der Waals surface area contributed by atoms with E-state index in [1.165, 1.54) is 0 Å². The van der Waals surface area contributed by atoms with Gasteiger partial charge in [0.1, 0.15) is 11.5 Å². The lowest BCUT2D eigenvalue weighted by Gasteiger charge is -2.11. The lowest BCUT2D eigenvalue weighted by Crippen LogP contribution is -1.94. The van der Waals surface area contributed by atoms with Crippen LogP contribution < -0.4 is 4.74 Å². The lowest BCUT2D eigenvalue weighted by atomic mass is 10.1. The third-order valence-corrected chi connectivity index (χ3v) is 2.53. The highest BCUT2D eigenvalue weighted by molar-refractivity contribution is 5.39. The Hall–Kier alpha value is -2.56. The Morgan fingerprint density at radius 1 is 0.778 bits per heavy atom. The van der Waals surface area contributed by atoms with Crippen LogP contribution in [0.4, 0.5) is 0 Å². The summed E-state index contributed by atoms with van der Waals surface area (Å²) in [5.41, 5.74) is 0.853. The van der Waals surface area contributed by atoms with Crippen LogP contribution in [0.2, 0.25) is 0 Å². The SMILES string of the molecule is c1ccc(Oc2ccccc2C2N=NN=N2)cc1. The van der Waals surface area contributed by atoms with Crippen molar-refractivity contribution in [2.24, 2.45) is 20.7 Å². The summed E-state index contributed by atoms with van der Waals surface area (Å²) in [4.78, 5) is 0. The summed E-state index contributed by atoms with van der Waals surface area (Å²) in [6, 6.07) is 17.2. The summed E-state index contributed by atoms with van der Waals surface area (Å²) in [6.07, 6.45) is -0.398. The van der Waals surface area contributed by atoms with Gasteiger partial charge in [-0.25, -0.2) is 0 Å². The molecule has 2 aromatic rings. The molecule has 0 saturated heterocycles. The van der Waals surface area contributed by atoms with Gasteiger partial charge in [-0.1, -0.05) is 36.4 Å². The summed E-state index contributed by atoms with van der Waals surface area (Å²) in [7, 11) is 0. The van der Waals surface area contributed by atoms with E-state index in [9.17, 15) is 0 Å². The minimum absolute atomic E-state index is 0.398. The highest BCUT2D eigenvalue weighted by Gasteiger charge is 2.17. The molecule has 0 unspecified atom stereocenters. The second-order valence-electron chi connectivity index (χ2n) is 3.74. The molecule has 88 valence electrons. The van der Waals surface area contributed by atoms with Gasteiger partial charge in [-0.3, -0.25) is 0 Å². The average molecular weight is 238 g/mol. The Kier molecular flexibility index (Phi) is 2.79. The van der Waals surface area contributed by atoms with Crippen molar-refractivity contribution in [1.82, 2.24) is 0 Å². The van der Waals surface area contributed by atoms with E-state index in [1.54, 1.807) is 0 Å². The normalized spacial score (nSPS) is 14.0. The van der Waals surface area contributed by atoms with E-state index in [-0.39, 0.29) is 0 Å². The molecule has 5 heteroatoms. The number of rotatable bonds is 3. The predicted octanol–water partition coefficient (Wildman–Crippen LogP) is 4.31. The minimum Gasteiger partial charge on any atom is -0.457 e. The van der Waals surface area contributed by atoms with E-state index < -0.39 is 6.17 Å². The van der Waals surface area contributed by atoms with Crippen LogP contribution in [0, 0.1) is 0 Å². The van der Waals surface area contributed by atoms with Crippen LogP contribution in [-0.2, 0) is 0 Å². The number of hydrogen-bond acceptors (Lipinski definition) is 5. The third-order valence-electron chi connectivity index (χ3n) is 2.53. The first-order valence-electron chi connectivity index (χ1n) is 5.55. The maximum atomic E-state index is 5.82. The molecular weight excluding hydrogens is 228 g/mol. The molecule has 5 nitrogen and oxygen atoms in total. The van der Waals surface area contributed by atoms with Crippen molar-refractivity contribution in [3.8, 4) is 11.5 Å². The summed E-state index contributed by atoms with van der Waals surface area (Å²) < 4.78 is 5.82. The van der Waals surface area contributed by atoms with Crippen LogP contribution in [0.15, 0.2) is 75.3 Å². The molecule has 0 N–H and O–H groups in total. The molecular formula is C13H10N4O. The number of benzene rings is 2. The Balaban J connectivity index is 1.92. The molecule has 0 amide bonds. The lowest BCUT2D eigenvalue weighted by molar-refractivity contribution is 0.471. The molecule has 0 fully saturated rings. The molecule has 18 heavy (non-hydrogen) atoms. The zero-order valence-electron chi connectivity index (χ0n) is 9.47. The van der Waals surface area contributed by atoms with Gasteiger partial charge >= 0.3 is 0 Å². The van der Waals surface area contributed by atoms with Gasteiger partial charge in [-0.15, -0.1) is 10.2 Å². The first kappa shape index (κ1) is 10.6. The molecule has 3 rings (SSSR count). The highest BCUT2D eigenvalue weighted by Crippen LogP contribution is 2.33. The molecule has 2 aromatic carbocycles. The van der Waals surface area contributed by atoms with Gasteiger partial charge in [0.2, 0.25) is 6.17 Å². The zero-order chi connectivity index (χ0) is 12.2. The molecule has 0 radical (unpaired) electrons. The van der Waals surface area contributed by atoms with Crippen molar-refractivity contribution in [2.45, 2.75) is 6.17 Å². The average Bonchev–Trinajstić information content (AvgIpc) is 2.94. The zero-order valence-corrected chi connectivity index (χ0v) is 9.47. The molecule has 0 spiro atoms. The molecule has 1 aliphatic rings. The van der Waals surface area contributed by atoms with Gasteiger partial charge in [-0.2, -0.15) is 0 Å². The fourth-order valence-electron chi connectivity index (χ4n) is 1.69. The molecule has 1 heterocycles. The second-order valence-corrected chi connectivity index (χ2v) is 3.74. The topological polar surface area (TPSA) is 58.7 Å². The van der Waals surface area contributed by atoms with E-state index in [1.807, 2.05) is 54.6 Å². The molecule has 0 bridgehead atoms. The molecule has 0 atom stereocenters. The summed E-state index contributed by atoms with van der Waals surface area (Å²) in [5, 5.41) is 14.9. The van der Waals surface area contributed by atoms with E-state index in [4.69, 9.17) is 4.74 Å². The van der Waals surface area contributed by atoms with Gasteiger partial charge in [-0.05, 0) is 28.6 Å². The van der Waals surface area contributed by atoms with Crippen LogP contribution in [0.5, 0.6) is 11.5 Å². The van der Waals surface area contributed by atoms with Crippen LogP contribution in [0.1, 0.15) is 11.7 Å². The van der Waals surface area contributed by atoms with Crippen LogP contribution in [0.3, 0.4) is 0 Å². The Bertz CT molecular complexity index is 583. The van der Waals surface area contributed by atoms with Crippen LogP contribution in [0.25, 0.3) is 0 Å². The monoisotopic (exact) mass is 238 g/mol. The van der Waals surface area contributed by atoms with E-state index in [0.717, 1.165) is 11.3 Å². The van der Waals surface area contributed by atoms with Gasteiger partial charge < -0.3 is 4.74 Å². The van der Waals surface area contributed by atoms with Crippen molar-refractivity contribution in [1.29, 1.82) is 0 Å². The van der Waals surface area contributed by atoms with Crippen LogP contribution >= 0.6 is 0 Å². The minimum atomic E-state index is -0.398. The van der Waals surface area contributed by atoms with E-state index in [0.29, 0.717) is 5.75 Å². The Labute approximate surface area is 104 Å². The molecule has 0 saturated carbocycles. The van der Waals surface area contributed by atoms with E-state index in [2.05, 4.69) is 20.7 Å². The highest BCUT2D eigenvalue weighted by atomic mass is 16.5. The molecule has 1 aliphatic heterocycles. The maximum absolute atomic E-state index is 5.82. The Morgan fingerprint density at radius 3 is 2.22 bits per heavy atom. The fourth-order valence-corrected chi connectivity index (χ4v) is 1.69.